The van der Waals surface area contributed by atoms with Gasteiger partial charge in [-0.1, -0.05) is 19.1 Å². The van der Waals surface area contributed by atoms with Crippen LogP contribution in [0.5, 0.6) is 0 Å². The highest BCUT2D eigenvalue weighted by Crippen LogP contribution is 2.63. The number of aryl methyl sites for hydroxylation is 1. The van der Waals surface area contributed by atoms with Gasteiger partial charge in [0.1, 0.15) is 5.82 Å². The largest absolute Gasteiger partial charge is 0.396 e. The minimum atomic E-state index is -0.255. The van der Waals surface area contributed by atoms with Crippen LogP contribution in [-0.2, 0) is 5.41 Å². The third kappa shape index (κ3) is 1.39. The molecule has 0 spiro atoms. The Labute approximate surface area is 95.3 Å². The fourth-order valence-electron chi connectivity index (χ4n) is 2.57. The van der Waals surface area contributed by atoms with Crippen LogP contribution in [0.15, 0.2) is 18.2 Å². The van der Waals surface area contributed by atoms with Crippen molar-refractivity contribution in [1.82, 2.24) is 0 Å². The standard InChI is InChI=1S/C13H18FNO/c1-9-3-4-10(5-11(9)14)12(2)6-13(12,7-15)8-16/h3-5,16H,6-8,15H2,1-2H3. The molecule has 0 saturated heterocycles. The van der Waals surface area contributed by atoms with Gasteiger partial charge in [-0.25, -0.2) is 4.39 Å². The van der Waals surface area contributed by atoms with Gasteiger partial charge in [0.25, 0.3) is 0 Å². The van der Waals surface area contributed by atoms with E-state index >= 15 is 0 Å². The lowest BCUT2D eigenvalue weighted by atomic mass is 9.87. The van der Waals surface area contributed by atoms with Gasteiger partial charge in [0.05, 0.1) is 6.61 Å². The first kappa shape index (κ1) is 11.6. The molecule has 0 heterocycles. The number of halogens is 1. The topological polar surface area (TPSA) is 46.2 Å². The van der Waals surface area contributed by atoms with E-state index in [0.29, 0.717) is 12.1 Å². The van der Waals surface area contributed by atoms with Crippen LogP contribution in [0, 0.1) is 18.2 Å². The van der Waals surface area contributed by atoms with Crippen LogP contribution in [0.1, 0.15) is 24.5 Å². The zero-order valence-corrected chi connectivity index (χ0v) is 9.76. The molecule has 1 aliphatic carbocycles. The number of rotatable bonds is 3. The second-order valence-electron chi connectivity index (χ2n) is 5.12. The average molecular weight is 223 g/mol. The number of hydrogen-bond donors (Lipinski definition) is 2. The molecule has 2 nitrogen and oxygen atoms in total. The zero-order valence-electron chi connectivity index (χ0n) is 9.76. The van der Waals surface area contributed by atoms with Crippen molar-refractivity contribution in [2.45, 2.75) is 25.7 Å². The summed E-state index contributed by atoms with van der Waals surface area (Å²) in [6.07, 6.45) is 0.829. The van der Waals surface area contributed by atoms with Crippen molar-refractivity contribution in [2.75, 3.05) is 13.2 Å². The summed E-state index contributed by atoms with van der Waals surface area (Å²) in [5.74, 6) is -0.186. The molecular formula is C13H18FNO. The Balaban J connectivity index is 2.36. The summed E-state index contributed by atoms with van der Waals surface area (Å²) in [6.45, 7) is 4.29. The Bertz CT molecular complexity index is 414. The van der Waals surface area contributed by atoms with Crippen molar-refractivity contribution in [3.63, 3.8) is 0 Å². The SMILES string of the molecule is Cc1ccc(C2(C)CC2(CN)CO)cc1F. The summed E-state index contributed by atoms with van der Waals surface area (Å²) in [7, 11) is 0. The number of hydrogen-bond acceptors (Lipinski definition) is 2. The first-order valence-electron chi connectivity index (χ1n) is 5.57. The van der Waals surface area contributed by atoms with Gasteiger partial charge in [-0.3, -0.25) is 0 Å². The molecule has 0 aromatic heterocycles. The number of nitrogens with two attached hydrogens (primary N) is 1. The van der Waals surface area contributed by atoms with Crippen molar-refractivity contribution >= 4 is 0 Å². The lowest BCUT2D eigenvalue weighted by molar-refractivity contribution is 0.198. The Morgan fingerprint density at radius 1 is 1.50 bits per heavy atom. The Kier molecular flexibility index (Phi) is 2.55. The molecule has 1 aliphatic rings. The van der Waals surface area contributed by atoms with Gasteiger partial charge < -0.3 is 10.8 Å². The number of benzene rings is 1. The molecular weight excluding hydrogens is 205 g/mol. The Morgan fingerprint density at radius 2 is 2.19 bits per heavy atom. The summed E-state index contributed by atoms with van der Waals surface area (Å²) in [6, 6.07) is 5.29. The molecule has 2 rings (SSSR count). The van der Waals surface area contributed by atoms with Gasteiger partial charge in [0, 0.05) is 17.4 Å². The summed E-state index contributed by atoms with van der Waals surface area (Å²) in [4.78, 5) is 0. The fourth-order valence-corrected chi connectivity index (χ4v) is 2.57. The van der Waals surface area contributed by atoms with Gasteiger partial charge in [-0.05, 0) is 30.5 Å². The lowest BCUT2D eigenvalue weighted by Gasteiger charge is -2.20. The minimum Gasteiger partial charge on any atom is -0.396 e. The molecule has 1 aromatic rings. The molecule has 3 N–H and O–H groups in total. The third-order valence-electron chi connectivity index (χ3n) is 4.24. The molecule has 2 unspecified atom stereocenters. The normalized spacial score (nSPS) is 32.8. The number of aliphatic hydroxyl groups excluding tert-OH is 1. The van der Waals surface area contributed by atoms with Gasteiger partial charge >= 0.3 is 0 Å². The highest BCUT2D eigenvalue weighted by atomic mass is 19.1. The quantitative estimate of drug-likeness (QED) is 0.819. The zero-order chi connectivity index (χ0) is 12.0. The molecule has 1 fully saturated rings. The fraction of sp³-hybridized carbons (Fsp3) is 0.538. The van der Waals surface area contributed by atoms with E-state index in [1.54, 1.807) is 19.1 Å². The van der Waals surface area contributed by atoms with E-state index in [1.165, 1.54) is 0 Å². The first-order valence-corrected chi connectivity index (χ1v) is 5.57. The van der Waals surface area contributed by atoms with E-state index in [1.807, 2.05) is 13.0 Å². The maximum absolute atomic E-state index is 13.5. The van der Waals surface area contributed by atoms with E-state index in [4.69, 9.17) is 5.73 Å². The highest BCUT2D eigenvalue weighted by Gasteiger charge is 2.63. The van der Waals surface area contributed by atoms with Crippen molar-refractivity contribution < 1.29 is 9.50 Å². The number of aliphatic hydroxyl groups is 1. The molecule has 16 heavy (non-hydrogen) atoms. The maximum atomic E-state index is 13.5. The smallest absolute Gasteiger partial charge is 0.126 e. The van der Waals surface area contributed by atoms with E-state index in [9.17, 15) is 9.50 Å². The summed E-state index contributed by atoms with van der Waals surface area (Å²) >= 11 is 0. The highest BCUT2D eigenvalue weighted by molar-refractivity contribution is 5.39. The van der Waals surface area contributed by atoms with Crippen LogP contribution in [0.2, 0.25) is 0 Å². The summed E-state index contributed by atoms with van der Waals surface area (Å²) in [5.41, 5.74) is 6.86. The third-order valence-corrected chi connectivity index (χ3v) is 4.24. The van der Waals surface area contributed by atoms with Gasteiger partial charge in [-0.2, -0.15) is 0 Å². The molecule has 3 heteroatoms. The Morgan fingerprint density at radius 3 is 2.62 bits per heavy atom. The van der Waals surface area contributed by atoms with E-state index in [2.05, 4.69) is 0 Å². The predicted molar refractivity (Wildman–Crippen MR) is 61.7 cm³/mol. The molecule has 88 valence electrons. The molecule has 0 amide bonds. The van der Waals surface area contributed by atoms with Crippen LogP contribution >= 0.6 is 0 Å². The summed E-state index contributed by atoms with van der Waals surface area (Å²) < 4.78 is 13.5. The van der Waals surface area contributed by atoms with Crippen LogP contribution in [0.25, 0.3) is 0 Å². The first-order chi connectivity index (χ1) is 7.49. The van der Waals surface area contributed by atoms with Crippen LogP contribution < -0.4 is 5.73 Å². The Hall–Kier alpha value is -0.930. The molecule has 0 radical (unpaired) electrons. The van der Waals surface area contributed by atoms with Crippen LogP contribution in [-0.4, -0.2) is 18.3 Å². The van der Waals surface area contributed by atoms with E-state index in [-0.39, 0.29) is 23.3 Å². The second-order valence-corrected chi connectivity index (χ2v) is 5.12. The van der Waals surface area contributed by atoms with E-state index < -0.39 is 0 Å². The van der Waals surface area contributed by atoms with Crippen molar-refractivity contribution in [1.29, 1.82) is 0 Å². The summed E-state index contributed by atoms with van der Waals surface area (Å²) in [5, 5.41) is 9.40. The lowest BCUT2D eigenvalue weighted by Crippen LogP contribution is -2.28. The molecule has 0 bridgehead atoms. The van der Waals surface area contributed by atoms with Gasteiger partial charge in [0.15, 0.2) is 0 Å². The van der Waals surface area contributed by atoms with Gasteiger partial charge in [0.2, 0.25) is 0 Å². The molecule has 1 aromatic carbocycles. The monoisotopic (exact) mass is 223 g/mol. The molecule has 2 atom stereocenters. The van der Waals surface area contributed by atoms with Crippen LogP contribution in [0.3, 0.4) is 0 Å². The molecule has 1 saturated carbocycles. The van der Waals surface area contributed by atoms with Gasteiger partial charge in [-0.15, -0.1) is 0 Å². The minimum absolute atomic E-state index is 0.0650. The van der Waals surface area contributed by atoms with Crippen molar-refractivity contribution in [3.8, 4) is 0 Å². The second kappa shape index (κ2) is 3.54. The average Bonchev–Trinajstić information content (AvgIpc) is 2.90. The predicted octanol–water partition coefficient (Wildman–Crippen LogP) is 1.73. The van der Waals surface area contributed by atoms with E-state index in [0.717, 1.165) is 12.0 Å². The van der Waals surface area contributed by atoms with Crippen LogP contribution in [0.4, 0.5) is 4.39 Å². The van der Waals surface area contributed by atoms with Crippen molar-refractivity contribution in [3.05, 3.63) is 35.1 Å². The maximum Gasteiger partial charge on any atom is 0.126 e. The molecule has 0 aliphatic heterocycles. The van der Waals surface area contributed by atoms with Crippen molar-refractivity contribution in [2.24, 2.45) is 11.1 Å².